The third-order valence-electron chi connectivity index (χ3n) is 2.38. The van der Waals surface area contributed by atoms with E-state index in [1.165, 1.54) is 22.6 Å². The summed E-state index contributed by atoms with van der Waals surface area (Å²) >= 11 is 1.83. The van der Waals surface area contributed by atoms with Crippen molar-refractivity contribution in [1.82, 2.24) is 5.32 Å². The van der Waals surface area contributed by atoms with Gasteiger partial charge in [0, 0.05) is 22.9 Å². The number of hydrogen-bond donors (Lipinski definition) is 1. The van der Waals surface area contributed by atoms with E-state index in [9.17, 15) is 0 Å². The molecule has 1 rings (SSSR count). The van der Waals surface area contributed by atoms with Crippen LogP contribution in [0, 0.1) is 5.92 Å². The molecule has 1 N–H and O–H groups in total. The van der Waals surface area contributed by atoms with Crippen LogP contribution in [0.4, 0.5) is 0 Å². The molecule has 0 aliphatic carbocycles. The lowest BCUT2D eigenvalue weighted by Crippen LogP contribution is -2.02. The van der Waals surface area contributed by atoms with Gasteiger partial charge in [-0.3, -0.25) is 0 Å². The van der Waals surface area contributed by atoms with E-state index >= 15 is 0 Å². The summed E-state index contributed by atoms with van der Waals surface area (Å²) in [5, 5.41) is 3.16. The monoisotopic (exact) mass is 241 g/mol. The highest BCUT2D eigenvalue weighted by molar-refractivity contribution is 7.11. The molecule has 0 atom stereocenters. The van der Waals surface area contributed by atoms with Crippen LogP contribution in [-0.4, -0.2) is 13.7 Å². The molecule has 1 aromatic heterocycles. The van der Waals surface area contributed by atoms with Gasteiger partial charge < -0.3 is 10.1 Å². The predicted molar refractivity (Wildman–Crippen MR) is 70.8 cm³/mol. The summed E-state index contributed by atoms with van der Waals surface area (Å²) in [5.41, 5.74) is 0. The van der Waals surface area contributed by atoms with Gasteiger partial charge in [0.25, 0.3) is 0 Å². The van der Waals surface area contributed by atoms with Crippen molar-refractivity contribution in [2.24, 2.45) is 5.92 Å². The first-order chi connectivity index (χ1) is 7.72. The van der Waals surface area contributed by atoms with Gasteiger partial charge in [-0.2, -0.15) is 0 Å². The topological polar surface area (TPSA) is 21.3 Å². The SMILES string of the molecule is CNCc1ccc(COCCCC(C)C)s1. The Morgan fingerprint density at radius 1 is 1.31 bits per heavy atom. The number of rotatable bonds is 8. The lowest BCUT2D eigenvalue weighted by molar-refractivity contribution is 0.117. The minimum Gasteiger partial charge on any atom is -0.376 e. The second-order valence-corrected chi connectivity index (χ2v) is 5.74. The molecule has 0 radical (unpaired) electrons. The van der Waals surface area contributed by atoms with Gasteiger partial charge in [0.15, 0.2) is 0 Å². The molecular formula is C13H23NOS. The molecule has 0 saturated carbocycles. The van der Waals surface area contributed by atoms with E-state index in [-0.39, 0.29) is 0 Å². The Bertz CT molecular complexity index is 283. The first kappa shape index (κ1) is 13.7. The molecule has 0 aliphatic heterocycles. The molecule has 1 heterocycles. The summed E-state index contributed by atoms with van der Waals surface area (Å²) in [6.45, 7) is 7.12. The molecule has 2 nitrogen and oxygen atoms in total. The van der Waals surface area contributed by atoms with Gasteiger partial charge in [0.2, 0.25) is 0 Å². The average Bonchev–Trinajstić information content (AvgIpc) is 2.65. The zero-order valence-corrected chi connectivity index (χ0v) is 11.4. The second-order valence-electron chi connectivity index (χ2n) is 4.49. The van der Waals surface area contributed by atoms with Crippen molar-refractivity contribution < 1.29 is 4.74 Å². The maximum absolute atomic E-state index is 5.65. The maximum atomic E-state index is 5.65. The fourth-order valence-corrected chi connectivity index (χ4v) is 2.50. The van der Waals surface area contributed by atoms with Crippen LogP contribution in [-0.2, 0) is 17.9 Å². The van der Waals surface area contributed by atoms with Crippen LogP contribution >= 0.6 is 11.3 Å². The van der Waals surface area contributed by atoms with Crippen molar-refractivity contribution in [3.8, 4) is 0 Å². The minimum atomic E-state index is 0.770. The molecule has 0 fully saturated rings. The number of hydrogen-bond acceptors (Lipinski definition) is 3. The van der Waals surface area contributed by atoms with E-state index in [1.54, 1.807) is 0 Å². The minimum absolute atomic E-state index is 0.770. The number of nitrogens with one attached hydrogen (secondary N) is 1. The Hall–Kier alpha value is -0.380. The van der Waals surface area contributed by atoms with Gasteiger partial charge in [-0.05, 0) is 37.9 Å². The van der Waals surface area contributed by atoms with Gasteiger partial charge in [-0.25, -0.2) is 0 Å². The highest BCUT2D eigenvalue weighted by Crippen LogP contribution is 2.17. The van der Waals surface area contributed by atoms with Crippen molar-refractivity contribution in [1.29, 1.82) is 0 Å². The maximum Gasteiger partial charge on any atom is 0.0809 e. The summed E-state index contributed by atoms with van der Waals surface area (Å²) < 4.78 is 5.65. The van der Waals surface area contributed by atoms with Crippen LogP contribution in [0.5, 0.6) is 0 Å². The van der Waals surface area contributed by atoms with Gasteiger partial charge in [0.05, 0.1) is 6.61 Å². The molecule has 1 aromatic rings. The molecule has 0 spiro atoms. The highest BCUT2D eigenvalue weighted by atomic mass is 32.1. The first-order valence-corrected chi connectivity index (χ1v) is 6.84. The third kappa shape index (κ3) is 5.64. The molecule has 0 unspecified atom stereocenters. The van der Waals surface area contributed by atoms with Crippen LogP contribution in [0.15, 0.2) is 12.1 Å². The number of thiophene rings is 1. The quantitative estimate of drug-likeness (QED) is 0.704. The molecule has 0 aromatic carbocycles. The summed E-state index contributed by atoms with van der Waals surface area (Å²) in [4.78, 5) is 2.71. The first-order valence-electron chi connectivity index (χ1n) is 6.02. The Kier molecular flexibility index (Phi) is 6.69. The van der Waals surface area contributed by atoms with E-state index in [2.05, 4.69) is 31.3 Å². The van der Waals surface area contributed by atoms with E-state index in [0.29, 0.717) is 0 Å². The molecule has 92 valence electrons. The molecule has 0 saturated heterocycles. The van der Waals surface area contributed by atoms with Crippen molar-refractivity contribution in [3.63, 3.8) is 0 Å². The van der Waals surface area contributed by atoms with Gasteiger partial charge >= 0.3 is 0 Å². The summed E-state index contributed by atoms with van der Waals surface area (Å²) in [6, 6.07) is 4.34. The molecular weight excluding hydrogens is 218 g/mol. The molecule has 0 bridgehead atoms. The van der Waals surface area contributed by atoms with Crippen molar-refractivity contribution in [2.75, 3.05) is 13.7 Å². The van der Waals surface area contributed by atoms with Crippen molar-refractivity contribution in [2.45, 2.75) is 39.8 Å². The molecule has 0 amide bonds. The lowest BCUT2D eigenvalue weighted by atomic mass is 10.1. The van der Waals surface area contributed by atoms with Gasteiger partial charge in [0.1, 0.15) is 0 Å². The Balaban J connectivity index is 2.12. The smallest absolute Gasteiger partial charge is 0.0809 e. The van der Waals surface area contributed by atoms with Crippen LogP contribution in [0.25, 0.3) is 0 Å². The van der Waals surface area contributed by atoms with E-state index < -0.39 is 0 Å². The van der Waals surface area contributed by atoms with Crippen LogP contribution in [0.1, 0.15) is 36.4 Å². The standard InChI is InChI=1S/C13H23NOS/c1-11(2)5-4-8-15-10-13-7-6-12(16-13)9-14-3/h6-7,11,14H,4-5,8-10H2,1-3H3. The van der Waals surface area contributed by atoms with E-state index in [4.69, 9.17) is 4.74 Å². The predicted octanol–water partition coefficient (Wildman–Crippen LogP) is 3.42. The molecule has 16 heavy (non-hydrogen) atoms. The van der Waals surface area contributed by atoms with E-state index in [1.807, 2.05) is 18.4 Å². The lowest BCUT2D eigenvalue weighted by Gasteiger charge is -2.04. The Labute approximate surface area is 103 Å². The molecule has 3 heteroatoms. The summed E-state index contributed by atoms with van der Waals surface area (Å²) in [7, 11) is 1.97. The fraction of sp³-hybridized carbons (Fsp3) is 0.692. The van der Waals surface area contributed by atoms with Crippen molar-refractivity contribution >= 4 is 11.3 Å². The summed E-state index contributed by atoms with van der Waals surface area (Å²) in [5.74, 6) is 0.785. The Morgan fingerprint density at radius 2 is 2.06 bits per heavy atom. The highest BCUT2D eigenvalue weighted by Gasteiger charge is 2.00. The fourth-order valence-electron chi connectivity index (χ4n) is 1.54. The second kappa shape index (κ2) is 7.82. The zero-order chi connectivity index (χ0) is 11.8. The average molecular weight is 241 g/mol. The van der Waals surface area contributed by atoms with Crippen LogP contribution < -0.4 is 5.32 Å². The van der Waals surface area contributed by atoms with Gasteiger partial charge in [-0.1, -0.05) is 13.8 Å². The molecule has 0 aliphatic rings. The van der Waals surface area contributed by atoms with Gasteiger partial charge in [-0.15, -0.1) is 11.3 Å². The number of ether oxygens (including phenoxy) is 1. The third-order valence-corrected chi connectivity index (χ3v) is 3.44. The van der Waals surface area contributed by atoms with E-state index in [0.717, 1.165) is 25.7 Å². The zero-order valence-electron chi connectivity index (χ0n) is 10.6. The van der Waals surface area contributed by atoms with Crippen molar-refractivity contribution in [3.05, 3.63) is 21.9 Å². The summed E-state index contributed by atoms with van der Waals surface area (Å²) in [6.07, 6.45) is 2.43. The largest absolute Gasteiger partial charge is 0.376 e. The normalized spacial score (nSPS) is 11.2. The van der Waals surface area contributed by atoms with Crippen LogP contribution in [0.2, 0.25) is 0 Å². The Morgan fingerprint density at radius 3 is 2.75 bits per heavy atom. The van der Waals surface area contributed by atoms with Crippen LogP contribution in [0.3, 0.4) is 0 Å².